The number of aryl methyl sites for hydroxylation is 1. The largest absolute Gasteiger partial charge is 0.297 e. The van der Waals surface area contributed by atoms with E-state index in [4.69, 9.17) is 0 Å². The minimum atomic E-state index is -0.194. The van der Waals surface area contributed by atoms with Gasteiger partial charge in [-0.15, -0.1) is 0 Å². The van der Waals surface area contributed by atoms with E-state index in [1.54, 1.807) is 17.4 Å². The lowest BCUT2D eigenvalue weighted by Crippen LogP contribution is -2.30. The van der Waals surface area contributed by atoms with E-state index >= 15 is 0 Å². The van der Waals surface area contributed by atoms with Crippen LogP contribution in [0.1, 0.15) is 22.4 Å². The summed E-state index contributed by atoms with van der Waals surface area (Å²) in [6.07, 6.45) is 0.849. The number of thiophene rings is 1. The van der Waals surface area contributed by atoms with Gasteiger partial charge in [-0.2, -0.15) is 16.4 Å². The van der Waals surface area contributed by atoms with Crippen molar-refractivity contribution in [2.45, 2.75) is 26.3 Å². The molecular formula is C19H17BrN2O2S. The highest BCUT2D eigenvalue weighted by Gasteiger charge is 2.12. The Morgan fingerprint density at radius 1 is 1.20 bits per heavy atom. The molecule has 0 amide bonds. The normalized spacial score (nSPS) is 10.8. The number of aromatic nitrogens is 2. The van der Waals surface area contributed by atoms with Crippen molar-refractivity contribution in [3.05, 3.63) is 84.4 Å². The fourth-order valence-corrected chi connectivity index (χ4v) is 3.58. The Bertz CT molecular complexity index is 931. The number of carbonyl (C=O) groups is 1. The zero-order valence-corrected chi connectivity index (χ0v) is 16.1. The average molecular weight is 417 g/mol. The molecule has 0 aliphatic carbocycles. The molecule has 0 atom stereocenters. The van der Waals surface area contributed by atoms with Crippen LogP contribution in [0.2, 0.25) is 0 Å². The Balaban J connectivity index is 1.77. The van der Waals surface area contributed by atoms with Crippen molar-refractivity contribution in [1.82, 2.24) is 9.78 Å². The first-order valence-corrected chi connectivity index (χ1v) is 9.60. The lowest BCUT2D eigenvalue weighted by molar-refractivity contribution is -0.119. The number of carbonyl (C=O) groups excluding carboxylic acids is 1. The van der Waals surface area contributed by atoms with E-state index in [9.17, 15) is 9.59 Å². The molecule has 2 heterocycles. The van der Waals surface area contributed by atoms with E-state index in [-0.39, 0.29) is 24.3 Å². The molecule has 25 heavy (non-hydrogen) atoms. The number of Topliss-reactive ketones (excluding diaryl/α,β-unsaturated/α-hetero) is 1. The minimum Gasteiger partial charge on any atom is -0.297 e. The van der Waals surface area contributed by atoms with Crippen LogP contribution in [0.25, 0.3) is 0 Å². The zero-order valence-electron chi connectivity index (χ0n) is 13.7. The van der Waals surface area contributed by atoms with Crippen molar-refractivity contribution in [3.8, 4) is 0 Å². The molecule has 0 aliphatic heterocycles. The maximum absolute atomic E-state index is 12.6. The molecule has 0 spiro atoms. The highest BCUT2D eigenvalue weighted by Crippen LogP contribution is 2.12. The number of nitrogens with zero attached hydrogens (tertiary/aromatic N) is 2. The van der Waals surface area contributed by atoms with Crippen molar-refractivity contribution >= 4 is 33.0 Å². The first-order chi connectivity index (χ1) is 12.0. The van der Waals surface area contributed by atoms with Crippen molar-refractivity contribution < 1.29 is 4.79 Å². The van der Waals surface area contributed by atoms with Gasteiger partial charge >= 0.3 is 0 Å². The molecule has 3 rings (SSSR count). The van der Waals surface area contributed by atoms with Crippen molar-refractivity contribution in [1.29, 1.82) is 0 Å². The predicted molar refractivity (Wildman–Crippen MR) is 103 cm³/mol. The summed E-state index contributed by atoms with van der Waals surface area (Å²) < 4.78 is 2.26. The summed E-state index contributed by atoms with van der Waals surface area (Å²) in [6.45, 7) is 1.83. The van der Waals surface area contributed by atoms with Gasteiger partial charge in [-0.1, -0.05) is 28.1 Å². The molecule has 0 saturated carbocycles. The van der Waals surface area contributed by atoms with Crippen LogP contribution in [-0.2, 0) is 24.2 Å². The molecule has 128 valence electrons. The number of rotatable bonds is 6. The van der Waals surface area contributed by atoms with Gasteiger partial charge in [0.05, 0.1) is 5.69 Å². The number of ketones is 1. The third-order valence-electron chi connectivity index (χ3n) is 3.79. The molecule has 0 unspecified atom stereocenters. The monoisotopic (exact) mass is 416 g/mol. The van der Waals surface area contributed by atoms with Gasteiger partial charge in [0.25, 0.3) is 5.56 Å². The Morgan fingerprint density at radius 3 is 2.64 bits per heavy atom. The predicted octanol–water partition coefficient (Wildman–Crippen LogP) is 3.78. The minimum absolute atomic E-state index is 0.00673. The van der Waals surface area contributed by atoms with Gasteiger partial charge < -0.3 is 0 Å². The van der Waals surface area contributed by atoms with Crippen LogP contribution in [0, 0.1) is 6.92 Å². The second-order valence-corrected chi connectivity index (χ2v) is 7.62. The molecular weight excluding hydrogens is 400 g/mol. The second-order valence-electron chi connectivity index (χ2n) is 5.92. The Morgan fingerprint density at radius 2 is 1.96 bits per heavy atom. The highest BCUT2D eigenvalue weighted by atomic mass is 79.9. The van der Waals surface area contributed by atoms with Gasteiger partial charge in [-0.3, -0.25) is 9.59 Å². The van der Waals surface area contributed by atoms with Gasteiger partial charge in [0.2, 0.25) is 0 Å². The molecule has 1 aromatic carbocycles. The van der Waals surface area contributed by atoms with Crippen molar-refractivity contribution in [2.24, 2.45) is 0 Å². The van der Waals surface area contributed by atoms with Crippen LogP contribution < -0.4 is 5.56 Å². The molecule has 6 heteroatoms. The van der Waals surface area contributed by atoms with Gasteiger partial charge in [0.15, 0.2) is 5.78 Å². The number of halogens is 1. The first kappa shape index (κ1) is 17.8. The summed E-state index contributed by atoms with van der Waals surface area (Å²) in [7, 11) is 0. The van der Waals surface area contributed by atoms with E-state index in [1.807, 2.05) is 48.0 Å². The van der Waals surface area contributed by atoms with Crippen LogP contribution in [-0.4, -0.2) is 15.6 Å². The van der Waals surface area contributed by atoms with Crippen molar-refractivity contribution in [2.75, 3.05) is 0 Å². The Hall–Kier alpha value is -2.05. The smallest absolute Gasteiger partial charge is 0.270 e. The van der Waals surface area contributed by atoms with Crippen LogP contribution >= 0.6 is 27.3 Å². The lowest BCUT2D eigenvalue weighted by atomic mass is 10.1. The number of hydrogen-bond donors (Lipinski definition) is 0. The molecule has 2 aromatic heterocycles. The number of hydrogen-bond acceptors (Lipinski definition) is 4. The van der Waals surface area contributed by atoms with Gasteiger partial charge in [0, 0.05) is 22.9 Å². The summed E-state index contributed by atoms with van der Waals surface area (Å²) in [4.78, 5) is 25.0. The molecule has 0 aliphatic rings. The SMILES string of the molecule is Cc1cc(Cc2ccsc2)c(=O)n(CC(=O)Cc2ccc(Br)cc2)n1. The van der Waals surface area contributed by atoms with Gasteiger partial charge in [-0.05, 0) is 53.1 Å². The van der Waals surface area contributed by atoms with E-state index in [1.165, 1.54) is 4.68 Å². The quantitative estimate of drug-likeness (QED) is 0.614. The van der Waals surface area contributed by atoms with E-state index in [2.05, 4.69) is 21.0 Å². The Kier molecular flexibility index (Phi) is 5.60. The second kappa shape index (κ2) is 7.89. The maximum atomic E-state index is 12.6. The van der Waals surface area contributed by atoms with Crippen LogP contribution in [0.4, 0.5) is 0 Å². The lowest BCUT2D eigenvalue weighted by Gasteiger charge is -2.08. The molecule has 4 nitrogen and oxygen atoms in total. The molecule has 0 saturated heterocycles. The third-order valence-corrected chi connectivity index (χ3v) is 5.05. The fraction of sp³-hybridized carbons (Fsp3) is 0.211. The third kappa shape index (κ3) is 4.74. The summed E-state index contributed by atoms with van der Waals surface area (Å²) in [5.41, 5.74) is 3.23. The van der Waals surface area contributed by atoms with Crippen LogP contribution in [0.15, 0.2) is 56.4 Å². The first-order valence-electron chi connectivity index (χ1n) is 7.86. The fourth-order valence-electron chi connectivity index (χ4n) is 2.64. The summed E-state index contributed by atoms with van der Waals surface area (Å²) in [5, 5.41) is 8.25. The van der Waals surface area contributed by atoms with E-state index in [0.717, 1.165) is 21.3 Å². The molecule has 0 bridgehead atoms. The van der Waals surface area contributed by atoms with E-state index < -0.39 is 0 Å². The maximum Gasteiger partial charge on any atom is 0.270 e. The molecule has 0 radical (unpaired) electrons. The van der Waals surface area contributed by atoms with Gasteiger partial charge in [-0.25, -0.2) is 4.68 Å². The summed E-state index contributed by atoms with van der Waals surface area (Å²) >= 11 is 4.98. The standard InChI is InChI=1S/C19H17BrN2O2S/c1-13-8-16(9-15-6-7-25-12-15)19(24)22(21-13)11-18(23)10-14-2-4-17(20)5-3-14/h2-8,12H,9-11H2,1H3. The highest BCUT2D eigenvalue weighted by molar-refractivity contribution is 9.10. The molecule has 3 aromatic rings. The van der Waals surface area contributed by atoms with Crippen LogP contribution in [0.3, 0.4) is 0 Å². The topological polar surface area (TPSA) is 52.0 Å². The average Bonchev–Trinajstić information content (AvgIpc) is 3.07. The molecule has 0 N–H and O–H groups in total. The van der Waals surface area contributed by atoms with Crippen molar-refractivity contribution in [3.63, 3.8) is 0 Å². The summed E-state index contributed by atoms with van der Waals surface area (Å²) in [6, 6.07) is 11.4. The summed E-state index contributed by atoms with van der Waals surface area (Å²) in [5.74, 6) is -0.0380. The molecule has 0 fully saturated rings. The van der Waals surface area contributed by atoms with Crippen LogP contribution in [0.5, 0.6) is 0 Å². The number of benzene rings is 1. The Labute approximate surface area is 158 Å². The van der Waals surface area contributed by atoms with Gasteiger partial charge in [0.1, 0.15) is 6.54 Å². The zero-order chi connectivity index (χ0) is 17.8. The van der Waals surface area contributed by atoms with E-state index in [0.29, 0.717) is 12.0 Å².